The highest BCUT2D eigenvalue weighted by atomic mass is 16.5. The Morgan fingerprint density at radius 3 is 2.60 bits per heavy atom. The van der Waals surface area contributed by atoms with Crippen molar-refractivity contribution in [2.75, 3.05) is 30.8 Å². The molecule has 11 heteroatoms. The van der Waals surface area contributed by atoms with Crippen molar-refractivity contribution in [3.8, 4) is 6.01 Å². The van der Waals surface area contributed by atoms with E-state index < -0.39 is 0 Å². The molecular weight excluding hydrogens is 532 g/mol. The number of amides is 2. The summed E-state index contributed by atoms with van der Waals surface area (Å²) >= 11 is 0. The second-order valence-corrected chi connectivity index (χ2v) is 11.9. The van der Waals surface area contributed by atoms with Gasteiger partial charge in [-0.1, -0.05) is 18.7 Å². The van der Waals surface area contributed by atoms with Gasteiger partial charge in [-0.3, -0.25) is 9.59 Å². The van der Waals surface area contributed by atoms with Crippen molar-refractivity contribution in [2.45, 2.75) is 76.0 Å². The van der Waals surface area contributed by atoms with Crippen LogP contribution in [-0.2, 0) is 16.1 Å². The molecule has 3 aromatic rings. The first kappa shape index (κ1) is 28.1. The molecule has 3 aliphatic rings. The molecule has 2 aromatic heterocycles. The number of aromatic nitrogens is 4. The lowest BCUT2D eigenvalue weighted by Gasteiger charge is -2.28. The van der Waals surface area contributed by atoms with E-state index in [-0.39, 0.29) is 29.9 Å². The quantitative estimate of drug-likeness (QED) is 0.313. The highest BCUT2D eigenvalue weighted by molar-refractivity contribution is 5.92. The molecule has 3 heterocycles. The van der Waals surface area contributed by atoms with Crippen LogP contribution in [0.3, 0.4) is 0 Å². The molecule has 0 bridgehead atoms. The van der Waals surface area contributed by atoms with Gasteiger partial charge in [0, 0.05) is 42.8 Å². The van der Waals surface area contributed by atoms with E-state index >= 15 is 0 Å². The van der Waals surface area contributed by atoms with Crippen LogP contribution in [-0.4, -0.2) is 68.6 Å². The summed E-state index contributed by atoms with van der Waals surface area (Å²) in [6.45, 7) is 6.00. The Morgan fingerprint density at radius 1 is 1.07 bits per heavy atom. The lowest BCUT2D eigenvalue weighted by Crippen LogP contribution is -2.38. The number of benzene rings is 1. The smallest absolute Gasteiger partial charge is 0.322 e. The van der Waals surface area contributed by atoms with Gasteiger partial charge in [0.05, 0.1) is 6.20 Å². The van der Waals surface area contributed by atoms with Crippen molar-refractivity contribution in [3.63, 3.8) is 0 Å². The van der Waals surface area contributed by atoms with Gasteiger partial charge in [0.15, 0.2) is 5.65 Å². The van der Waals surface area contributed by atoms with Crippen LogP contribution in [0.2, 0.25) is 0 Å². The summed E-state index contributed by atoms with van der Waals surface area (Å²) in [7, 11) is 2.13. The number of anilines is 2. The fourth-order valence-electron chi connectivity index (χ4n) is 5.92. The van der Waals surface area contributed by atoms with Gasteiger partial charge in [-0.15, -0.1) is 0 Å². The van der Waals surface area contributed by atoms with Crippen molar-refractivity contribution in [2.24, 2.45) is 5.92 Å². The Hall–Kier alpha value is -3.99. The summed E-state index contributed by atoms with van der Waals surface area (Å²) in [6, 6.07) is 8.34. The molecule has 0 radical (unpaired) electrons. The molecule has 42 heavy (non-hydrogen) atoms. The molecule has 3 N–H and O–H groups in total. The van der Waals surface area contributed by atoms with Crippen LogP contribution in [0.15, 0.2) is 43.1 Å². The van der Waals surface area contributed by atoms with Crippen molar-refractivity contribution in [1.82, 2.24) is 29.8 Å². The number of rotatable bonds is 10. The topological polar surface area (TPSA) is 126 Å². The summed E-state index contributed by atoms with van der Waals surface area (Å²) in [5.74, 6) is 0.882. The van der Waals surface area contributed by atoms with Crippen LogP contribution < -0.4 is 20.7 Å². The molecule has 2 aliphatic carbocycles. The zero-order chi connectivity index (χ0) is 29.1. The van der Waals surface area contributed by atoms with Gasteiger partial charge in [0.2, 0.25) is 17.8 Å². The first-order valence-corrected chi connectivity index (χ1v) is 15.1. The molecular formula is C31H40N8O3. The number of piperidine rings is 1. The standard InChI is InChI=1S/C31H40N8O3/c1-3-27(40)34-23-11-9-22(10-12-23)29(41)35-24-6-4-5-20(17-24)18-32-30-37-31(42-25-13-15-38(2)16-14-25)36-28-26(21-7-8-21)19-33-39(28)30/h3-6,17,19,21-23,25H,1,7-16,18H2,2H3,(H,34,40)(H,35,41)(H,32,36,37)/t22-,23+. The first-order valence-electron chi connectivity index (χ1n) is 15.1. The number of nitrogens with one attached hydrogen (secondary N) is 3. The molecule has 1 saturated heterocycles. The second kappa shape index (κ2) is 12.5. The van der Waals surface area contributed by atoms with Gasteiger partial charge in [-0.2, -0.15) is 19.6 Å². The fraction of sp³-hybridized carbons (Fsp3) is 0.516. The maximum atomic E-state index is 13.0. The monoisotopic (exact) mass is 572 g/mol. The normalized spacial score (nSPS) is 21.5. The number of hydrogen-bond acceptors (Lipinski definition) is 8. The minimum Gasteiger partial charge on any atom is -0.460 e. The predicted molar refractivity (Wildman–Crippen MR) is 160 cm³/mol. The lowest BCUT2D eigenvalue weighted by molar-refractivity contribution is -0.121. The fourth-order valence-corrected chi connectivity index (χ4v) is 5.92. The number of hydrogen-bond donors (Lipinski definition) is 3. The Kier molecular flexibility index (Phi) is 8.36. The van der Waals surface area contributed by atoms with E-state index in [1.54, 1.807) is 4.52 Å². The molecule has 6 rings (SSSR count). The summed E-state index contributed by atoms with van der Waals surface area (Å²) in [6.07, 6.45) is 10.6. The van der Waals surface area contributed by atoms with Gasteiger partial charge in [-0.25, -0.2) is 0 Å². The summed E-state index contributed by atoms with van der Waals surface area (Å²) in [5.41, 5.74) is 3.71. The van der Waals surface area contributed by atoms with Gasteiger partial charge in [0.1, 0.15) is 6.10 Å². The van der Waals surface area contributed by atoms with Crippen molar-refractivity contribution in [3.05, 3.63) is 54.2 Å². The van der Waals surface area contributed by atoms with Crippen LogP contribution in [0.25, 0.3) is 5.65 Å². The van der Waals surface area contributed by atoms with Crippen LogP contribution in [0.5, 0.6) is 6.01 Å². The number of likely N-dealkylation sites (tertiary alicyclic amines) is 1. The van der Waals surface area contributed by atoms with Crippen molar-refractivity contribution >= 4 is 29.1 Å². The number of carbonyl (C=O) groups is 2. The number of fused-ring (bicyclic) bond motifs is 1. The predicted octanol–water partition coefficient (Wildman–Crippen LogP) is 3.89. The van der Waals surface area contributed by atoms with E-state index in [1.807, 2.05) is 30.5 Å². The van der Waals surface area contributed by atoms with Crippen molar-refractivity contribution < 1.29 is 14.3 Å². The maximum Gasteiger partial charge on any atom is 0.322 e. The Balaban J connectivity index is 1.10. The van der Waals surface area contributed by atoms with Crippen LogP contribution >= 0.6 is 0 Å². The molecule has 2 amide bonds. The van der Waals surface area contributed by atoms with Crippen molar-refractivity contribution in [1.29, 1.82) is 0 Å². The zero-order valence-electron chi connectivity index (χ0n) is 24.2. The third-order valence-corrected chi connectivity index (χ3v) is 8.60. The van der Waals surface area contributed by atoms with E-state index in [0.29, 0.717) is 24.4 Å². The van der Waals surface area contributed by atoms with E-state index in [1.165, 1.54) is 6.08 Å². The Labute approximate surface area is 246 Å². The minimum absolute atomic E-state index is 0.0194. The molecule has 11 nitrogen and oxygen atoms in total. The number of ether oxygens (including phenoxy) is 1. The van der Waals surface area contributed by atoms with E-state index in [4.69, 9.17) is 14.7 Å². The lowest BCUT2D eigenvalue weighted by atomic mass is 9.85. The first-order chi connectivity index (χ1) is 20.4. The third kappa shape index (κ3) is 6.73. The SMILES string of the molecule is C=CC(=O)N[C@H]1CC[C@@H](C(=O)Nc2cccc(CNc3nc(OC4CCN(C)CC4)nc4c(C5CC5)cnn34)c2)CC1. The maximum absolute atomic E-state index is 13.0. The molecule has 0 spiro atoms. The largest absolute Gasteiger partial charge is 0.460 e. The van der Waals surface area contributed by atoms with E-state index in [2.05, 4.69) is 39.6 Å². The molecule has 222 valence electrons. The third-order valence-electron chi connectivity index (χ3n) is 8.60. The molecule has 2 saturated carbocycles. The zero-order valence-corrected chi connectivity index (χ0v) is 24.2. The average Bonchev–Trinajstić information content (AvgIpc) is 3.76. The average molecular weight is 573 g/mol. The van der Waals surface area contributed by atoms with Crippen LogP contribution in [0, 0.1) is 5.92 Å². The summed E-state index contributed by atoms with van der Waals surface area (Å²) < 4.78 is 8.05. The highest BCUT2D eigenvalue weighted by Crippen LogP contribution is 2.42. The molecule has 0 atom stereocenters. The van der Waals surface area contributed by atoms with E-state index in [0.717, 1.165) is 86.9 Å². The van der Waals surface area contributed by atoms with Gasteiger partial charge in [0.25, 0.3) is 0 Å². The number of nitrogens with zero attached hydrogens (tertiary/aromatic N) is 5. The minimum atomic E-state index is -0.159. The summed E-state index contributed by atoms with van der Waals surface area (Å²) in [5, 5.41) is 14.1. The molecule has 1 aromatic carbocycles. The summed E-state index contributed by atoms with van der Waals surface area (Å²) in [4.78, 5) is 36.4. The Bertz CT molecular complexity index is 1440. The van der Waals surface area contributed by atoms with Crippen LogP contribution in [0.4, 0.5) is 11.6 Å². The molecule has 3 fully saturated rings. The van der Waals surface area contributed by atoms with Gasteiger partial charge < -0.3 is 25.6 Å². The van der Waals surface area contributed by atoms with Gasteiger partial charge in [-0.05, 0) is 88.1 Å². The van der Waals surface area contributed by atoms with E-state index in [9.17, 15) is 9.59 Å². The second-order valence-electron chi connectivity index (χ2n) is 11.9. The molecule has 0 unspecified atom stereocenters. The molecule has 1 aliphatic heterocycles. The van der Waals surface area contributed by atoms with Crippen LogP contribution in [0.1, 0.15) is 68.4 Å². The van der Waals surface area contributed by atoms with Gasteiger partial charge >= 0.3 is 6.01 Å². The number of carbonyl (C=O) groups excluding carboxylic acids is 2. The highest BCUT2D eigenvalue weighted by Gasteiger charge is 2.30. The Morgan fingerprint density at radius 2 is 1.86 bits per heavy atom.